The molecular formula is C18H19NO2S2. The highest BCUT2D eigenvalue weighted by molar-refractivity contribution is 8.17. The number of hydrogen-bond acceptors (Lipinski definition) is 4. The van der Waals surface area contributed by atoms with Crippen LogP contribution < -0.4 is 5.32 Å². The number of hydrogen-bond donors (Lipinski definition) is 1. The smallest absolute Gasteiger partial charge is 0.412 e. The first kappa shape index (κ1) is 16.3. The van der Waals surface area contributed by atoms with Gasteiger partial charge in [-0.2, -0.15) is 0 Å². The predicted molar refractivity (Wildman–Crippen MR) is 99.0 cm³/mol. The van der Waals surface area contributed by atoms with Crippen molar-refractivity contribution in [2.45, 2.75) is 17.1 Å². The average molecular weight is 345 g/mol. The zero-order valence-corrected chi connectivity index (χ0v) is 14.3. The third-order valence-corrected chi connectivity index (χ3v) is 6.50. The molecule has 5 heteroatoms. The van der Waals surface area contributed by atoms with E-state index in [2.05, 4.69) is 5.32 Å². The number of anilines is 1. The van der Waals surface area contributed by atoms with Crippen molar-refractivity contribution in [1.29, 1.82) is 0 Å². The molecule has 1 amide bonds. The van der Waals surface area contributed by atoms with Crippen LogP contribution in [0.1, 0.15) is 18.1 Å². The van der Waals surface area contributed by atoms with Gasteiger partial charge in [0, 0.05) is 5.69 Å². The Kier molecular flexibility index (Phi) is 5.88. The van der Waals surface area contributed by atoms with E-state index in [1.54, 1.807) is 0 Å². The molecule has 1 heterocycles. The Morgan fingerprint density at radius 2 is 1.61 bits per heavy atom. The Labute approximate surface area is 145 Å². The van der Waals surface area contributed by atoms with Crippen molar-refractivity contribution >= 4 is 35.3 Å². The van der Waals surface area contributed by atoms with Crippen LogP contribution >= 0.6 is 23.5 Å². The number of benzene rings is 2. The Balaban J connectivity index is 1.71. The van der Waals surface area contributed by atoms with Gasteiger partial charge in [-0.3, -0.25) is 5.32 Å². The van der Waals surface area contributed by atoms with Gasteiger partial charge in [-0.1, -0.05) is 48.5 Å². The third kappa shape index (κ3) is 4.69. The topological polar surface area (TPSA) is 38.3 Å². The van der Waals surface area contributed by atoms with Gasteiger partial charge in [0.25, 0.3) is 0 Å². The fourth-order valence-electron chi connectivity index (χ4n) is 2.39. The number of ether oxygens (including phenoxy) is 1. The summed E-state index contributed by atoms with van der Waals surface area (Å²) >= 11 is 3.74. The van der Waals surface area contributed by atoms with Gasteiger partial charge in [0.05, 0.1) is 4.58 Å². The first-order chi connectivity index (χ1) is 11.3. The van der Waals surface area contributed by atoms with E-state index >= 15 is 0 Å². The normalized spacial score (nSPS) is 16.5. The minimum atomic E-state index is -0.406. The second-order valence-corrected chi connectivity index (χ2v) is 7.99. The zero-order chi connectivity index (χ0) is 15.9. The van der Waals surface area contributed by atoms with E-state index in [-0.39, 0.29) is 10.7 Å². The van der Waals surface area contributed by atoms with Crippen molar-refractivity contribution in [1.82, 2.24) is 0 Å². The molecule has 3 nitrogen and oxygen atoms in total. The number of rotatable bonds is 4. The minimum absolute atomic E-state index is 0.241. The lowest BCUT2D eigenvalue weighted by Crippen LogP contribution is -2.25. The first-order valence-electron chi connectivity index (χ1n) is 7.64. The number of carbonyl (C=O) groups is 1. The summed E-state index contributed by atoms with van der Waals surface area (Å²) in [6, 6.07) is 19.4. The van der Waals surface area contributed by atoms with Crippen LogP contribution in [0.2, 0.25) is 0 Å². The first-order valence-corrected chi connectivity index (χ1v) is 9.73. The predicted octanol–water partition coefficient (Wildman–Crippen LogP) is 5.17. The monoisotopic (exact) mass is 345 g/mol. The molecule has 0 radical (unpaired) electrons. The summed E-state index contributed by atoms with van der Waals surface area (Å²) in [7, 11) is 0. The molecule has 1 fully saturated rings. The lowest BCUT2D eigenvalue weighted by atomic mass is 10.1. The molecule has 0 aliphatic carbocycles. The van der Waals surface area contributed by atoms with Gasteiger partial charge >= 0.3 is 6.09 Å². The molecule has 0 saturated carbocycles. The molecule has 2 aromatic carbocycles. The van der Waals surface area contributed by atoms with Gasteiger partial charge < -0.3 is 4.74 Å². The van der Waals surface area contributed by atoms with Crippen LogP contribution in [0.5, 0.6) is 0 Å². The standard InChI is InChI=1S/C18H19NO2S2/c20-18(19-15-10-5-2-6-11-15)21-16(14-8-3-1-4-9-14)17-22-12-7-13-23-17/h1-6,8-11,16-17H,7,12-13H2,(H,19,20). The van der Waals surface area contributed by atoms with Crippen molar-refractivity contribution in [3.8, 4) is 0 Å². The summed E-state index contributed by atoms with van der Waals surface area (Å²) in [4.78, 5) is 12.3. The van der Waals surface area contributed by atoms with Crippen LogP contribution in [0, 0.1) is 0 Å². The Bertz CT molecular complexity index is 615. The fourth-order valence-corrected chi connectivity index (χ4v) is 5.39. The van der Waals surface area contributed by atoms with E-state index in [4.69, 9.17) is 4.74 Å². The number of thioether (sulfide) groups is 2. The molecule has 1 atom stereocenters. The van der Waals surface area contributed by atoms with E-state index in [0.717, 1.165) is 22.8 Å². The van der Waals surface area contributed by atoms with Gasteiger partial charge in [0.2, 0.25) is 0 Å². The Morgan fingerprint density at radius 1 is 1.00 bits per heavy atom. The summed E-state index contributed by atoms with van der Waals surface area (Å²) in [5, 5.41) is 2.80. The van der Waals surface area contributed by atoms with Crippen molar-refractivity contribution in [3.63, 3.8) is 0 Å². The van der Waals surface area contributed by atoms with E-state index in [9.17, 15) is 4.79 Å². The molecule has 2 aromatic rings. The molecule has 23 heavy (non-hydrogen) atoms. The molecule has 1 N–H and O–H groups in total. The number of amides is 1. The summed E-state index contributed by atoms with van der Waals surface area (Å²) < 4.78 is 6.03. The van der Waals surface area contributed by atoms with Crippen molar-refractivity contribution < 1.29 is 9.53 Å². The molecule has 1 saturated heterocycles. The molecule has 120 valence electrons. The SMILES string of the molecule is O=C(Nc1ccccc1)OC(c1ccccc1)C1SCCCS1. The Morgan fingerprint density at radius 3 is 2.26 bits per heavy atom. The van der Waals surface area contributed by atoms with Gasteiger partial charge in [-0.25, -0.2) is 4.79 Å². The quantitative estimate of drug-likeness (QED) is 0.829. The van der Waals surface area contributed by atoms with Crippen LogP contribution in [0.15, 0.2) is 60.7 Å². The van der Waals surface area contributed by atoms with Crippen molar-refractivity contribution in [3.05, 3.63) is 66.2 Å². The maximum Gasteiger partial charge on any atom is 0.412 e. The summed E-state index contributed by atoms with van der Waals surface area (Å²) in [6.07, 6.45) is 0.566. The van der Waals surface area contributed by atoms with Gasteiger partial charge in [0.15, 0.2) is 0 Å². The lowest BCUT2D eigenvalue weighted by Gasteiger charge is -2.29. The fraction of sp³-hybridized carbons (Fsp3) is 0.278. The summed E-state index contributed by atoms with van der Waals surface area (Å²) in [6.45, 7) is 0. The van der Waals surface area contributed by atoms with Crippen LogP contribution in [-0.2, 0) is 4.74 Å². The zero-order valence-electron chi connectivity index (χ0n) is 12.7. The van der Waals surface area contributed by atoms with E-state index in [0.29, 0.717) is 0 Å². The molecular weight excluding hydrogens is 326 g/mol. The van der Waals surface area contributed by atoms with E-state index in [1.165, 1.54) is 6.42 Å². The molecule has 1 aliphatic heterocycles. The number of carbonyl (C=O) groups excluding carboxylic acids is 1. The molecule has 3 rings (SSSR count). The van der Waals surface area contributed by atoms with Crippen molar-refractivity contribution in [2.24, 2.45) is 0 Å². The van der Waals surface area contributed by atoms with Crippen molar-refractivity contribution in [2.75, 3.05) is 16.8 Å². The van der Waals surface area contributed by atoms with E-state index in [1.807, 2.05) is 84.2 Å². The molecule has 1 aliphatic rings. The molecule has 0 aromatic heterocycles. The highest BCUT2D eigenvalue weighted by atomic mass is 32.2. The highest BCUT2D eigenvalue weighted by Gasteiger charge is 2.29. The molecule has 1 unspecified atom stereocenters. The van der Waals surface area contributed by atoms with Gasteiger partial charge in [-0.15, -0.1) is 23.5 Å². The maximum absolute atomic E-state index is 12.3. The van der Waals surface area contributed by atoms with Crippen LogP contribution in [0.3, 0.4) is 0 Å². The Hall–Kier alpha value is -1.59. The molecule has 0 spiro atoms. The average Bonchev–Trinajstić information content (AvgIpc) is 2.62. The van der Waals surface area contributed by atoms with Gasteiger partial charge in [-0.05, 0) is 35.6 Å². The number of para-hydroxylation sites is 1. The van der Waals surface area contributed by atoms with Crippen LogP contribution in [0.25, 0.3) is 0 Å². The minimum Gasteiger partial charge on any atom is -0.439 e. The summed E-state index contributed by atoms with van der Waals surface area (Å²) in [5.41, 5.74) is 1.79. The third-order valence-electron chi connectivity index (χ3n) is 3.48. The molecule has 0 bridgehead atoms. The second kappa shape index (κ2) is 8.31. The second-order valence-electron chi connectivity index (χ2n) is 5.19. The highest BCUT2D eigenvalue weighted by Crippen LogP contribution is 2.41. The largest absolute Gasteiger partial charge is 0.439 e. The maximum atomic E-state index is 12.3. The van der Waals surface area contributed by atoms with E-state index < -0.39 is 6.09 Å². The summed E-state index contributed by atoms with van der Waals surface area (Å²) in [5.74, 6) is 2.23. The number of nitrogens with one attached hydrogen (secondary N) is 1. The lowest BCUT2D eigenvalue weighted by molar-refractivity contribution is 0.119. The van der Waals surface area contributed by atoms with Crippen LogP contribution in [0.4, 0.5) is 10.5 Å². The van der Waals surface area contributed by atoms with Gasteiger partial charge in [0.1, 0.15) is 6.10 Å². The van der Waals surface area contributed by atoms with Crippen LogP contribution in [-0.4, -0.2) is 22.2 Å².